The predicted molar refractivity (Wildman–Crippen MR) is 136 cm³/mol. The van der Waals surface area contributed by atoms with Crippen LogP contribution in [0.2, 0.25) is 0 Å². The summed E-state index contributed by atoms with van der Waals surface area (Å²) in [6, 6.07) is 22.5. The Morgan fingerprint density at radius 1 is 0.824 bits per heavy atom. The van der Waals surface area contributed by atoms with Crippen LogP contribution in [0.25, 0.3) is 0 Å². The van der Waals surface area contributed by atoms with Gasteiger partial charge in [-0.15, -0.1) is 0 Å². The first-order chi connectivity index (χ1) is 16.5. The molecule has 0 unspecified atom stereocenters. The minimum absolute atomic E-state index is 0.244. The Hall–Kier alpha value is -2.68. The second-order valence-corrected chi connectivity index (χ2v) is 9.83. The summed E-state index contributed by atoms with van der Waals surface area (Å²) in [5.74, 6) is 0.563. The van der Waals surface area contributed by atoms with Crippen molar-refractivity contribution < 1.29 is 13.5 Å². The van der Waals surface area contributed by atoms with Crippen molar-refractivity contribution in [2.75, 3.05) is 6.61 Å². The average molecular weight is 463 g/mol. The van der Waals surface area contributed by atoms with Crippen molar-refractivity contribution in [2.24, 2.45) is 5.92 Å². The van der Waals surface area contributed by atoms with E-state index in [1.165, 1.54) is 60.9 Å². The largest absolute Gasteiger partial charge is 0.488 e. The molecule has 180 valence electrons. The van der Waals surface area contributed by atoms with Crippen LogP contribution in [0.3, 0.4) is 0 Å². The molecule has 0 saturated heterocycles. The van der Waals surface area contributed by atoms with Crippen LogP contribution in [0.15, 0.2) is 66.7 Å². The lowest BCUT2D eigenvalue weighted by atomic mass is 9.75. The Morgan fingerprint density at radius 3 is 2.06 bits per heavy atom. The molecule has 1 atom stereocenters. The summed E-state index contributed by atoms with van der Waals surface area (Å²) in [6.07, 6.45) is 7.77. The van der Waals surface area contributed by atoms with E-state index in [-0.39, 0.29) is 12.4 Å². The molecule has 3 aromatic carbocycles. The molecule has 1 aliphatic rings. The van der Waals surface area contributed by atoms with Gasteiger partial charge in [-0.3, -0.25) is 0 Å². The van der Waals surface area contributed by atoms with Crippen LogP contribution in [0.5, 0.6) is 5.75 Å². The molecule has 4 rings (SSSR count). The van der Waals surface area contributed by atoms with Gasteiger partial charge in [0.1, 0.15) is 0 Å². The molecule has 0 aromatic heterocycles. The maximum Gasteiger partial charge on any atom is 0.190 e. The highest BCUT2D eigenvalue weighted by Gasteiger charge is 2.24. The predicted octanol–water partition coefficient (Wildman–Crippen LogP) is 8.62. The first-order valence-corrected chi connectivity index (χ1v) is 12.8. The van der Waals surface area contributed by atoms with Gasteiger partial charge >= 0.3 is 0 Å². The number of hydrogen-bond donors (Lipinski definition) is 0. The molecule has 0 bridgehead atoms. The van der Waals surface area contributed by atoms with Gasteiger partial charge in [-0.2, -0.15) is 0 Å². The second kappa shape index (κ2) is 11.6. The van der Waals surface area contributed by atoms with Gasteiger partial charge in [-0.25, -0.2) is 8.78 Å². The van der Waals surface area contributed by atoms with E-state index in [9.17, 15) is 8.78 Å². The topological polar surface area (TPSA) is 9.23 Å². The molecule has 0 heterocycles. The van der Waals surface area contributed by atoms with E-state index >= 15 is 0 Å². The highest BCUT2D eigenvalue weighted by Crippen LogP contribution is 2.39. The summed E-state index contributed by atoms with van der Waals surface area (Å²) in [7, 11) is 0. The molecule has 3 aromatic rings. The molecular formula is C31H36F2O. The molecule has 0 N–H and O–H groups in total. The fourth-order valence-corrected chi connectivity index (χ4v) is 5.43. The molecule has 3 heteroatoms. The van der Waals surface area contributed by atoms with E-state index in [2.05, 4.69) is 61.5 Å². The molecule has 0 aliphatic heterocycles. The Kier molecular flexibility index (Phi) is 8.37. The Bertz CT molecular complexity index is 1010. The zero-order valence-corrected chi connectivity index (χ0v) is 20.4. The molecule has 0 spiro atoms. The Labute approximate surface area is 203 Å². The monoisotopic (exact) mass is 462 g/mol. The third kappa shape index (κ3) is 6.25. The minimum atomic E-state index is -0.624. The van der Waals surface area contributed by atoms with Crippen molar-refractivity contribution >= 4 is 0 Å². The first-order valence-electron chi connectivity index (χ1n) is 12.8. The van der Waals surface area contributed by atoms with Gasteiger partial charge in [0.05, 0.1) is 6.61 Å². The summed E-state index contributed by atoms with van der Waals surface area (Å²) < 4.78 is 33.3. The summed E-state index contributed by atoms with van der Waals surface area (Å²) in [4.78, 5) is 0. The van der Waals surface area contributed by atoms with E-state index in [0.29, 0.717) is 23.8 Å². The normalized spacial score (nSPS) is 19.1. The van der Waals surface area contributed by atoms with Crippen LogP contribution in [-0.2, 0) is 12.8 Å². The fraction of sp³-hybridized carbons (Fsp3) is 0.419. The van der Waals surface area contributed by atoms with E-state index in [0.717, 1.165) is 12.3 Å². The maximum absolute atomic E-state index is 14.1. The molecular weight excluding hydrogens is 426 g/mol. The second-order valence-electron chi connectivity index (χ2n) is 9.83. The number of halogens is 2. The number of benzene rings is 3. The van der Waals surface area contributed by atoms with E-state index in [1.807, 2.05) is 0 Å². The fourth-order valence-electron chi connectivity index (χ4n) is 5.43. The molecule has 0 amide bonds. The minimum Gasteiger partial charge on any atom is -0.488 e. The molecule has 1 fully saturated rings. The van der Waals surface area contributed by atoms with Gasteiger partial charge < -0.3 is 4.74 Å². The number of hydrogen-bond acceptors (Lipinski definition) is 1. The number of rotatable bonds is 9. The van der Waals surface area contributed by atoms with Crippen molar-refractivity contribution in [3.8, 4) is 5.75 Å². The number of ether oxygens (including phenoxy) is 1. The molecule has 1 saturated carbocycles. The summed E-state index contributed by atoms with van der Waals surface area (Å²) in [5, 5.41) is 0. The average Bonchev–Trinajstić information content (AvgIpc) is 2.86. The highest BCUT2D eigenvalue weighted by atomic mass is 19.1. The van der Waals surface area contributed by atoms with Gasteiger partial charge in [0, 0.05) is 0 Å². The van der Waals surface area contributed by atoms with Crippen molar-refractivity contribution in [1.29, 1.82) is 0 Å². The SMILES string of the molecule is CCOc1c(F)cc(CCc2ccc(C3CCC(C[C@@H](C)c4ccccc4)CC3)cc2)cc1F. The zero-order chi connectivity index (χ0) is 23.9. The standard InChI is InChI=1S/C31H36F2O/c1-3-34-31-29(32)20-25(21-30(31)33)10-9-23-11-15-27(16-12-23)28-17-13-24(14-18-28)19-22(2)26-7-5-4-6-8-26/h4-8,11-12,15-16,20-22,24,28H,3,9-10,13-14,17-19H2,1-2H3/t22-,24?,28?/m1/s1. The van der Waals surface area contributed by atoms with Gasteiger partial charge in [-0.1, -0.05) is 61.5 Å². The van der Waals surface area contributed by atoms with Crippen LogP contribution >= 0.6 is 0 Å². The molecule has 1 aliphatic carbocycles. The van der Waals surface area contributed by atoms with Crippen LogP contribution in [0, 0.1) is 17.6 Å². The van der Waals surface area contributed by atoms with Gasteiger partial charge in [-0.05, 0) is 104 Å². The summed E-state index contributed by atoms with van der Waals surface area (Å²) in [6.45, 7) is 4.32. The quantitative estimate of drug-likeness (QED) is 0.309. The van der Waals surface area contributed by atoms with Crippen LogP contribution < -0.4 is 4.74 Å². The Morgan fingerprint density at radius 2 is 1.44 bits per heavy atom. The van der Waals surface area contributed by atoms with E-state index in [1.54, 1.807) is 6.92 Å². The summed E-state index contributed by atoms with van der Waals surface area (Å²) >= 11 is 0. The van der Waals surface area contributed by atoms with Crippen molar-refractivity contribution in [3.63, 3.8) is 0 Å². The zero-order valence-electron chi connectivity index (χ0n) is 20.4. The highest BCUT2D eigenvalue weighted by molar-refractivity contribution is 5.32. The summed E-state index contributed by atoms with van der Waals surface area (Å²) in [5.41, 5.74) is 4.74. The van der Waals surface area contributed by atoms with Gasteiger partial charge in [0.2, 0.25) is 0 Å². The van der Waals surface area contributed by atoms with Crippen LogP contribution in [0.1, 0.15) is 80.0 Å². The first kappa shape index (κ1) is 24.4. The maximum atomic E-state index is 14.1. The van der Waals surface area contributed by atoms with E-state index in [4.69, 9.17) is 4.74 Å². The number of aryl methyl sites for hydroxylation is 2. The molecule has 0 radical (unpaired) electrons. The van der Waals surface area contributed by atoms with Crippen molar-refractivity contribution in [3.05, 3.63) is 101 Å². The third-order valence-electron chi connectivity index (χ3n) is 7.40. The lowest BCUT2D eigenvalue weighted by Gasteiger charge is -2.30. The third-order valence-corrected chi connectivity index (χ3v) is 7.40. The molecule has 1 nitrogen and oxygen atoms in total. The van der Waals surface area contributed by atoms with Crippen molar-refractivity contribution in [1.82, 2.24) is 0 Å². The van der Waals surface area contributed by atoms with Crippen molar-refractivity contribution in [2.45, 2.75) is 70.6 Å². The molecule has 34 heavy (non-hydrogen) atoms. The van der Waals surface area contributed by atoms with Crippen LogP contribution in [-0.4, -0.2) is 6.61 Å². The lowest BCUT2D eigenvalue weighted by Crippen LogP contribution is -2.15. The Balaban J connectivity index is 1.26. The van der Waals surface area contributed by atoms with E-state index < -0.39 is 11.6 Å². The van der Waals surface area contributed by atoms with Crippen LogP contribution in [0.4, 0.5) is 8.78 Å². The smallest absolute Gasteiger partial charge is 0.190 e. The van der Waals surface area contributed by atoms with Gasteiger partial charge in [0.15, 0.2) is 17.4 Å². The lowest BCUT2D eigenvalue weighted by molar-refractivity contribution is 0.297. The van der Waals surface area contributed by atoms with Gasteiger partial charge in [0.25, 0.3) is 0 Å².